The fraction of sp³-hybridized carbons (Fsp3) is 0.417. The Morgan fingerprint density at radius 3 is 2.95 bits per heavy atom. The number of carbonyl (C=O) groups excluding carboxylic acids is 1. The van der Waals surface area contributed by atoms with Crippen LogP contribution in [0.1, 0.15) is 23.1 Å². The van der Waals surface area contributed by atoms with Crippen LogP contribution in [-0.4, -0.2) is 32.1 Å². The smallest absolute Gasteiger partial charge is 0.274 e. The van der Waals surface area contributed by atoms with Crippen LogP contribution in [0.2, 0.25) is 0 Å². The number of hydrogen-bond acceptors (Lipinski definition) is 4. The molecule has 19 heavy (non-hydrogen) atoms. The summed E-state index contributed by atoms with van der Waals surface area (Å²) in [6.45, 7) is 4.75. The van der Waals surface area contributed by atoms with E-state index in [9.17, 15) is 4.79 Å². The van der Waals surface area contributed by atoms with E-state index in [2.05, 4.69) is 15.5 Å². The zero-order valence-electron chi connectivity index (χ0n) is 11.3. The van der Waals surface area contributed by atoms with Gasteiger partial charge in [0, 0.05) is 13.7 Å². The summed E-state index contributed by atoms with van der Waals surface area (Å²) < 4.78 is 8.39. The van der Waals surface area contributed by atoms with Crippen molar-refractivity contribution in [3.8, 4) is 0 Å². The Balaban J connectivity index is 2.02. The molecule has 2 aromatic rings. The molecule has 1 N–H and O–H groups in total. The van der Waals surface area contributed by atoms with Gasteiger partial charge in [-0.05, 0) is 19.9 Å². The van der Waals surface area contributed by atoms with Crippen molar-refractivity contribution in [1.82, 2.24) is 19.6 Å². The molecule has 0 saturated carbocycles. The van der Waals surface area contributed by atoms with Gasteiger partial charge in [0.2, 0.25) is 0 Å². The molecule has 0 bridgehead atoms. The maximum absolute atomic E-state index is 12.0. The van der Waals surface area contributed by atoms with Crippen LogP contribution in [0.25, 0.3) is 0 Å². The van der Waals surface area contributed by atoms with Crippen molar-refractivity contribution < 1.29 is 9.53 Å². The van der Waals surface area contributed by atoms with Crippen molar-refractivity contribution in [2.45, 2.75) is 20.6 Å². The second-order valence-corrected chi connectivity index (χ2v) is 4.14. The number of aromatic nitrogens is 4. The van der Waals surface area contributed by atoms with E-state index >= 15 is 0 Å². The summed E-state index contributed by atoms with van der Waals surface area (Å²) in [6, 6.07) is 1.74. The highest BCUT2D eigenvalue weighted by molar-refractivity contribution is 6.02. The molecule has 1 amide bonds. The van der Waals surface area contributed by atoms with Gasteiger partial charge in [-0.15, -0.1) is 0 Å². The van der Waals surface area contributed by atoms with Crippen LogP contribution in [-0.2, 0) is 18.5 Å². The summed E-state index contributed by atoms with van der Waals surface area (Å²) >= 11 is 0. The first kappa shape index (κ1) is 13.3. The molecular formula is C12H17N5O2. The van der Waals surface area contributed by atoms with Gasteiger partial charge in [0.05, 0.1) is 23.8 Å². The minimum Gasteiger partial charge on any atom is -0.360 e. The number of carbonyl (C=O) groups is 1. The molecular weight excluding hydrogens is 246 g/mol. The predicted octanol–water partition coefficient (Wildman–Crippen LogP) is 1.17. The average Bonchev–Trinajstić information content (AvgIpc) is 2.93. The van der Waals surface area contributed by atoms with Gasteiger partial charge in [-0.25, -0.2) is 4.68 Å². The van der Waals surface area contributed by atoms with E-state index in [1.165, 1.54) is 0 Å². The second-order valence-electron chi connectivity index (χ2n) is 4.14. The number of nitrogens with zero attached hydrogens (tertiary/aromatic N) is 4. The molecule has 0 spiro atoms. The molecule has 2 rings (SSSR count). The molecule has 0 aliphatic carbocycles. The molecule has 0 aliphatic rings. The summed E-state index contributed by atoms with van der Waals surface area (Å²) in [5, 5.41) is 11.0. The lowest BCUT2D eigenvalue weighted by Gasteiger charge is -2.02. The van der Waals surface area contributed by atoms with Crippen LogP contribution in [0.15, 0.2) is 18.5 Å². The molecule has 2 heterocycles. The van der Waals surface area contributed by atoms with Gasteiger partial charge in [0.1, 0.15) is 12.4 Å². The quantitative estimate of drug-likeness (QED) is 0.878. The Morgan fingerprint density at radius 2 is 2.32 bits per heavy atom. The normalized spacial score (nSPS) is 10.7. The van der Waals surface area contributed by atoms with Gasteiger partial charge < -0.3 is 10.1 Å². The SMILES string of the molecule is CCOCn1cc(NC(=O)c2cc(C)nn2C)cn1. The maximum Gasteiger partial charge on any atom is 0.274 e. The van der Waals surface area contributed by atoms with Crippen molar-refractivity contribution in [2.24, 2.45) is 7.05 Å². The van der Waals surface area contributed by atoms with Crippen LogP contribution >= 0.6 is 0 Å². The second kappa shape index (κ2) is 5.66. The Morgan fingerprint density at radius 1 is 1.53 bits per heavy atom. The van der Waals surface area contributed by atoms with E-state index in [1.54, 1.807) is 34.9 Å². The Bertz CT molecular complexity index is 572. The Kier molecular flexibility index (Phi) is 3.96. The van der Waals surface area contributed by atoms with Crippen LogP contribution < -0.4 is 5.32 Å². The highest BCUT2D eigenvalue weighted by Gasteiger charge is 2.12. The zero-order chi connectivity index (χ0) is 13.8. The number of hydrogen-bond donors (Lipinski definition) is 1. The van der Waals surface area contributed by atoms with Crippen molar-refractivity contribution in [2.75, 3.05) is 11.9 Å². The molecule has 0 saturated heterocycles. The van der Waals surface area contributed by atoms with E-state index in [0.29, 0.717) is 24.7 Å². The summed E-state index contributed by atoms with van der Waals surface area (Å²) in [6.07, 6.45) is 3.30. The number of ether oxygens (including phenoxy) is 1. The Labute approximate surface area is 111 Å². The number of rotatable bonds is 5. The zero-order valence-corrected chi connectivity index (χ0v) is 11.3. The topological polar surface area (TPSA) is 74.0 Å². The molecule has 7 heteroatoms. The lowest BCUT2D eigenvalue weighted by atomic mass is 10.3. The molecule has 0 atom stereocenters. The first-order valence-electron chi connectivity index (χ1n) is 6.02. The third-order valence-corrected chi connectivity index (χ3v) is 2.55. The maximum atomic E-state index is 12.0. The van der Waals surface area contributed by atoms with Crippen LogP contribution in [0.4, 0.5) is 5.69 Å². The van der Waals surface area contributed by atoms with Gasteiger partial charge in [0.25, 0.3) is 5.91 Å². The van der Waals surface area contributed by atoms with Gasteiger partial charge in [-0.3, -0.25) is 9.48 Å². The molecule has 0 fully saturated rings. The predicted molar refractivity (Wildman–Crippen MR) is 69.8 cm³/mol. The number of amides is 1. The van der Waals surface area contributed by atoms with Crippen molar-refractivity contribution >= 4 is 11.6 Å². The molecule has 0 radical (unpaired) electrons. The molecule has 0 unspecified atom stereocenters. The van der Waals surface area contributed by atoms with E-state index < -0.39 is 0 Å². The first-order valence-corrected chi connectivity index (χ1v) is 6.02. The van der Waals surface area contributed by atoms with Gasteiger partial charge in [-0.1, -0.05) is 0 Å². The fourth-order valence-electron chi connectivity index (χ4n) is 1.70. The number of anilines is 1. The highest BCUT2D eigenvalue weighted by atomic mass is 16.5. The molecule has 0 aromatic carbocycles. The minimum atomic E-state index is -0.209. The number of nitrogens with one attached hydrogen (secondary N) is 1. The molecule has 102 valence electrons. The summed E-state index contributed by atoms with van der Waals surface area (Å²) in [4.78, 5) is 12.0. The van der Waals surface area contributed by atoms with E-state index in [4.69, 9.17) is 4.74 Å². The molecule has 0 aliphatic heterocycles. The highest BCUT2D eigenvalue weighted by Crippen LogP contribution is 2.09. The van der Waals surface area contributed by atoms with E-state index in [1.807, 2.05) is 13.8 Å². The van der Waals surface area contributed by atoms with Crippen LogP contribution in [0.3, 0.4) is 0 Å². The summed E-state index contributed by atoms with van der Waals surface area (Å²) in [5.41, 5.74) is 1.94. The van der Waals surface area contributed by atoms with Crippen LogP contribution in [0, 0.1) is 6.92 Å². The average molecular weight is 263 g/mol. The van der Waals surface area contributed by atoms with Crippen molar-refractivity contribution in [3.63, 3.8) is 0 Å². The standard InChI is InChI=1S/C12H17N5O2/c1-4-19-8-17-7-10(6-13-17)14-12(18)11-5-9(2)15-16(11)3/h5-7H,4,8H2,1-3H3,(H,14,18). The summed E-state index contributed by atoms with van der Waals surface area (Å²) in [7, 11) is 1.74. The summed E-state index contributed by atoms with van der Waals surface area (Å²) in [5.74, 6) is -0.209. The van der Waals surface area contributed by atoms with Crippen LogP contribution in [0.5, 0.6) is 0 Å². The third kappa shape index (κ3) is 3.19. The van der Waals surface area contributed by atoms with E-state index in [-0.39, 0.29) is 5.91 Å². The molecule has 7 nitrogen and oxygen atoms in total. The van der Waals surface area contributed by atoms with Crippen molar-refractivity contribution in [3.05, 3.63) is 29.8 Å². The minimum absolute atomic E-state index is 0.209. The number of aryl methyl sites for hydroxylation is 2. The van der Waals surface area contributed by atoms with Gasteiger partial charge >= 0.3 is 0 Å². The first-order chi connectivity index (χ1) is 9.10. The van der Waals surface area contributed by atoms with Crippen molar-refractivity contribution in [1.29, 1.82) is 0 Å². The largest absolute Gasteiger partial charge is 0.360 e. The fourth-order valence-corrected chi connectivity index (χ4v) is 1.70. The third-order valence-electron chi connectivity index (χ3n) is 2.55. The molecule has 2 aromatic heterocycles. The lowest BCUT2D eigenvalue weighted by Crippen LogP contribution is -2.15. The monoisotopic (exact) mass is 263 g/mol. The Hall–Kier alpha value is -2.15. The van der Waals surface area contributed by atoms with Gasteiger partial charge in [-0.2, -0.15) is 10.2 Å². The van der Waals surface area contributed by atoms with Gasteiger partial charge in [0.15, 0.2) is 0 Å². The lowest BCUT2D eigenvalue weighted by molar-refractivity contribution is 0.0792. The van der Waals surface area contributed by atoms with E-state index in [0.717, 1.165) is 5.69 Å².